The maximum atomic E-state index is 13.2. The van der Waals surface area contributed by atoms with Crippen molar-refractivity contribution in [2.45, 2.75) is 280 Å². The summed E-state index contributed by atoms with van der Waals surface area (Å²) in [6.45, 7) is 2.77. The zero-order chi connectivity index (χ0) is 48.2. The molecule has 0 aromatic heterocycles. The molecule has 0 spiro atoms. The quantitative estimate of drug-likeness (QED) is 0.0216. The van der Waals surface area contributed by atoms with Crippen molar-refractivity contribution in [1.29, 1.82) is 0 Å². The van der Waals surface area contributed by atoms with Gasteiger partial charge in [0, 0.05) is 6.42 Å². The van der Waals surface area contributed by atoms with Gasteiger partial charge in [-0.1, -0.05) is 192 Å². The molecule has 12 unspecified atom stereocenters. The molecule has 2 aliphatic heterocycles. The topological polar surface area (TPSA) is 228 Å². The van der Waals surface area contributed by atoms with E-state index >= 15 is 0 Å². The molecule has 388 valence electrons. The van der Waals surface area contributed by atoms with Gasteiger partial charge in [0.2, 0.25) is 5.91 Å². The first-order valence-corrected chi connectivity index (χ1v) is 26.6. The molecule has 12 atom stereocenters. The fourth-order valence-corrected chi connectivity index (χ4v) is 8.78. The summed E-state index contributed by atoms with van der Waals surface area (Å²) in [4.78, 5) is 13.2. The number of carbonyl (C=O) groups excluding carboxylic acids is 1. The van der Waals surface area contributed by atoms with Crippen LogP contribution in [0.4, 0.5) is 0 Å². The highest BCUT2D eigenvalue weighted by Crippen LogP contribution is 2.30. The standard InChI is InChI=1S/C52H97NO13/c1-3-5-7-9-11-13-15-17-18-19-20-21-22-24-25-27-29-31-33-35-41(56)40(53-44(57)36-34-32-30-28-26-23-16-14-12-10-8-6-4-2)39-63-51-49(62)47(60)50(43(38-55)65-51)66-52-48(61)46(59)45(58)42(37-54)64-52/h25,27,33,35,40-43,45-52,54-56,58-62H,3-24,26,28-32,34,36-39H2,1-2H3,(H,53,57)/b27-25+,35-33+. The highest BCUT2D eigenvalue weighted by Gasteiger charge is 2.51. The molecule has 1 amide bonds. The fourth-order valence-electron chi connectivity index (χ4n) is 8.78. The SMILES string of the molecule is CCCCCCCCCCCCCCC/C=C/CC/C=C/C(O)C(COC1OC(CO)C(OC2OC(CO)C(O)C(O)C2O)C(O)C1O)NC(=O)CCCCCCCCCCCCCCC. The van der Waals surface area contributed by atoms with Gasteiger partial charge in [0.15, 0.2) is 12.6 Å². The molecule has 2 aliphatic rings. The lowest BCUT2D eigenvalue weighted by molar-refractivity contribution is -0.359. The molecule has 0 bridgehead atoms. The van der Waals surface area contributed by atoms with Gasteiger partial charge in [0.25, 0.3) is 0 Å². The van der Waals surface area contributed by atoms with Gasteiger partial charge < -0.3 is 65.1 Å². The van der Waals surface area contributed by atoms with Gasteiger partial charge in [0.05, 0.1) is 32.0 Å². The van der Waals surface area contributed by atoms with Crippen molar-refractivity contribution in [3.63, 3.8) is 0 Å². The van der Waals surface area contributed by atoms with Crippen LogP contribution in [0.5, 0.6) is 0 Å². The third kappa shape index (κ3) is 25.9. The van der Waals surface area contributed by atoms with Gasteiger partial charge in [-0.3, -0.25) is 4.79 Å². The number of rotatable bonds is 41. The van der Waals surface area contributed by atoms with Gasteiger partial charge in [-0.05, 0) is 32.1 Å². The molecule has 0 aromatic rings. The predicted molar refractivity (Wildman–Crippen MR) is 258 cm³/mol. The highest BCUT2D eigenvalue weighted by atomic mass is 16.7. The van der Waals surface area contributed by atoms with E-state index in [9.17, 15) is 45.6 Å². The van der Waals surface area contributed by atoms with Gasteiger partial charge in [-0.15, -0.1) is 0 Å². The van der Waals surface area contributed by atoms with E-state index in [1.807, 2.05) is 6.08 Å². The van der Waals surface area contributed by atoms with Crippen LogP contribution in [0.2, 0.25) is 0 Å². The predicted octanol–water partition coefficient (Wildman–Crippen LogP) is 7.33. The molecule has 0 aromatic carbocycles. The van der Waals surface area contributed by atoms with Gasteiger partial charge >= 0.3 is 0 Å². The second-order valence-electron chi connectivity index (χ2n) is 19.0. The lowest BCUT2D eigenvalue weighted by Gasteiger charge is -2.46. The Labute approximate surface area is 398 Å². The molecule has 0 aliphatic carbocycles. The Kier molecular flexibility index (Phi) is 36.0. The van der Waals surface area contributed by atoms with E-state index in [1.165, 1.54) is 141 Å². The number of carbonyl (C=O) groups is 1. The van der Waals surface area contributed by atoms with Crippen LogP contribution >= 0.6 is 0 Å². The number of hydrogen-bond donors (Lipinski definition) is 9. The molecule has 0 radical (unpaired) electrons. The van der Waals surface area contributed by atoms with Crippen molar-refractivity contribution in [3.05, 3.63) is 24.3 Å². The fraction of sp³-hybridized carbons (Fsp3) is 0.904. The van der Waals surface area contributed by atoms with Crippen molar-refractivity contribution in [3.8, 4) is 0 Å². The number of aliphatic hydroxyl groups is 8. The third-order valence-electron chi connectivity index (χ3n) is 13.1. The second-order valence-corrected chi connectivity index (χ2v) is 19.0. The monoisotopic (exact) mass is 944 g/mol. The molecule has 0 saturated carbocycles. The molecule has 14 heteroatoms. The van der Waals surface area contributed by atoms with Crippen LogP contribution in [-0.2, 0) is 23.7 Å². The highest BCUT2D eigenvalue weighted by molar-refractivity contribution is 5.76. The molecule has 66 heavy (non-hydrogen) atoms. The van der Waals surface area contributed by atoms with E-state index in [-0.39, 0.29) is 18.9 Å². The van der Waals surface area contributed by atoms with Crippen LogP contribution in [0.15, 0.2) is 24.3 Å². The lowest BCUT2D eigenvalue weighted by atomic mass is 9.97. The Bertz CT molecular complexity index is 1210. The van der Waals surface area contributed by atoms with Crippen molar-refractivity contribution >= 4 is 5.91 Å². The maximum absolute atomic E-state index is 13.2. The average molecular weight is 944 g/mol. The summed E-state index contributed by atoms with van der Waals surface area (Å²) in [7, 11) is 0. The van der Waals surface area contributed by atoms with Crippen LogP contribution in [0, 0.1) is 0 Å². The molecule has 2 heterocycles. The van der Waals surface area contributed by atoms with Crippen LogP contribution in [0.25, 0.3) is 0 Å². The van der Waals surface area contributed by atoms with E-state index in [0.717, 1.165) is 32.1 Å². The Morgan fingerprint density at radius 1 is 0.530 bits per heavy atom. The summed E-state index contributed by atoms with van der Waals surface area (Å²) in [5.74, 6) is -0.249. The first kappa shape index (κ1) is 60.6. The van der Waals surface area contributed by atoms with Crippen molar-refractivity contribution in [1.82, 2.24) is 5.32 Å². The number of allylic oxidation sites excluding steroid dienone is 3. The molecule has 2 saturated heterocycles. The maximum Gasteiger partial charge on any atom is 0.220 e. The number of ether oxygens (including phenoxy) is 4. The van der Waals surface area contributed by atoms with E-state index in [1.54, 1.807) is 6.08 Å². The summed E-state index contributed by atoms with van der Waals surface area (Å²) in [6, 6.07) is -0.926. The molecular weight excluding hydrogens is 847 g/mol. The Morgan fingerprint density at radius 3 is 1.48 bits per heavy atom. The van der Waals surface area contributed by atoms with E-state index in [4.69, 9.17) is 18.9 Å². The Balaban J connectivity index is 1.84. The van der Waals surface area contributed by atoms with E-state index in [2.05, 4.69) is 31.3 Å². The van der Waals surface area contributed by atoms with E-state index < -0.39 is 86.8 Å². The molecular formula is C52H97NO13. The summed E-state index contributed by atoms with van der Waals surface area (Å²) in [5, 5.41) is 86.8. The van der Waals surface area contributed by atoms with Crippen LogP contribution in [0.1, 0.15) is 206 Å². The van der Waals surface area contributed by atoms with Crippen molar-refractivity contribution in [2.24, 2.45) is 0 Å². The zero-order valence-corrected chi connectivity index (χ0v) is 41.2. The molecule has 9 N–H and O–H groups in total. The van der Waals surface area contributed by atoms with Gasteiger partial charge in [-0.25, -0.2) is 0 Å². The molecule has 2 fully saturated rings. The largest absolute Gasteiger partial charge is 0.394 e. The lowest BCUT2D eigenvalue weighted by Crippen LogP contribution is -2.65. The van der Waals surface area contributed by atoms with Gasteiger partial charge in [0.1, 0.15) is 48.8 Å². The normalized spacial score (nSPS) is 26.9. The van der Waals surface area contributed by atoms with Crippen LogP contribution < -0.4 is 5.32 Å². The Morgan fingerprint density at radius 2 is 0.970 bits per heavy atom. The second kappa shape index (κ2) is 39.2. The average Bonchev–Trinajstić information content (AvgIpc) is 3.31. The van der Waals surface area contributed by atoms with Crippen LogP contribution in [0.3, 0.4) is 0 Å². The first-order valence-electron chi connectivity index (χ1n) is 26.6. The Hall–Kier alpha value is -1.53. The minimum Gasteiger partial charge on any atom is -0.394 e. The summed E-state index contributed by atoms with van der Waals surface area (Å²) in [6.07, 6.45) is 26.5. The summed E-state index contributed by atoms with van der Waals surface area (Å²) >= 11 is 0. The first-order chi connectivity index (χ1) is 32.1. The number of unbranched alkanes of at least 4 members (excludes halogenated alkanes) is 26. The van der Waals surface area contributed by atoms with Gasteiger partial charge in [-0.2, -0.15) is 0 Å². The smallest absolute Gasteiger partial charge is 0.220 e. The zero-order valence-electron chi connectivity index (χ0n) is 41.2. The molecule has 2 rings (SSSR count). The minimum atomic E-state index is -1.79. The number of aliphatic hydroxyl groups excluding tert-OH is 8. The molecule has 14 nitrogen and oxygen atoms in total. The third-order valence-corrected chi connectivity index (χ3v) is 13.1. The summed E-state index contributed by atoms with van der Waals surface area (Å²) in [5.41, 5.74) is 0. The van der Waals surface area contributed by atoms with E-state index in [0.29, 0.717) is 12.8 Å². The van der Waals surface area contributed by atoms with Crippen molar-refractivity contribution < 1.29 is 64.6 Å². The minimum absolute atomic E-state index is 0.249. The summed E-state index contributed by atoms with van der Waals surface area (Å²) < 4.78 is 22.7. The number of nitrogens with one attached hydrogen (secondary N) is 1. The number of amides is 1. The van der Waals surface area contributed by atoms with Crippen molar-refractivity contribution in [2.75, 3.05) is 19.8 Å². The van der Waals surface area contributed by atoms with Crippen LogP contribution in [-0.4, -0.2) is 140 Å². The number of hydrogen-bond acceptors (Lipinski definition) is 13.